The fraction of sp³-hybridized carbons (Fsp3) is 0.500. The highest BCUT2D eigenvalue weighted by Gasteiger charge is 2.85. The molecule has 0 radical (unpaired) electrons. The summed E-state index contributed by atoms with van der Waals surface area (Å²) < 4.78 is 140. The highest BCUT2D eigenvalue weighted by Crippen LogP contribution is 2.58. The van der Waals surface area contributed by atoms with Crippen molar-refractivity contribution in [3.63, 3.8) is 0 Å². The molecule has 0 aliphatic heterocycles. The first-order valence-electron chi connectivity index (χ1n) is 5.70. The standard InChI is InChI=1S/C12H7F11/c13-8(9(14,15)11(18,19)20,10(16,17)12(21,22)23)6-7-4-2-1-3-5-7/h1-5H,6H2. The monoisotopic (exact) mass is 360 g/mol. The lowest BCUT2D eigenvalue weighted by molar-refractivity contribution is -0.406. The van der Waals surface area contributed by atoms with Gasteiger partial charge in [-0.1, -0.05) is 30.3 Å². The molecule has 0 nitrogen and oxygen atoms in total. The fourth-order valence-corrected chi connectivity index (χ4v) is 1.75. The van der Waals surface area contributed by atoms with E-state index in [1.165, 1.54) is 6.07 Å². The first-order chi connectivity index (χ1) is 10.1. The van der Waals surface area contributed by atoms with E-state index in [1.807, 2.05) is 0 Å². The quantitative estimate of drug-likeness (QED) is 0.637. The molecule has 0 N–H and O–H groups in total. The summed E-state index contributed by atoms with van der Waals surface area (Å²) in [5, 5.41) is 0. The van der Waals surface area contributed by atoms with Gasteiger partial charge in [0.1, 0.15) is 0 Å². The van der Waals surface area contributed by atoms with Crippen molar-refractivity contribution in [1.29, 1.82) is 0 Å². The number of rotatable bonds is 4. The first kappa shape index (κ1) is 19.5. The van der Waals surface area contributed by atoms with Crippen LogP contribution in [-0.4, -0.2) is 29.9 Å². The predicted octanol–water partition coefficient (Wildman–Crippen LogP) is 5.33. The van der Waals surface area contributed by atoms with Gasteiger partial charge >= 0.3 is 24.2 Å². The third-order valence-electron chi connectivity index (χ3n) is 3.00. The van der Waals surface area contributed by atoms with E-state index in [2.05, 4.69) is 0 Å². The third-order valence-corrected chi connectivity index (χ3v) is 3.00. The molecule has 0 aromatic heterocycles. The molecule has 1 aromatic rings. The van der Waals surface area contributed by atoms with Gasteiger partial charge in [-0.05, 0) is 5.56 Å². The van der Waals surface area contributed by atoms with E-state index in [4.69, 9.17) is 0 Å². The van der Waals surface area contributed by atoms with Crippen LogP contribution in [0, 0.1) is 0 Å². The van der Waals surface area contributed by atoms with Gasteiger partial charge in [-0.25, -0.2) is 4.39 Å². The van der Waals surface area contributed by atoms with Crippen molar-refractivity contribution >= 4 is 0 Å². The van der Waals surface area contributed by atoms with E-state index in [1.54, 1.807) is 0 Å². The molecule has 0 aliphatic rings. The van der Waals surface area contributed by atoms with E-state index in [0.717, 1.165) is 12.1 Å². The van der Waals surface area contributed by atoms with Gasteiger partial charge in [-0.3, -0.25) is 0 Å². The molecule has 0 fully saturated rings. The topological polar surface area (TPSA) is 0 Å². The van der Waals surface area contributed by atoms with E-state index in [-0.39, 0.29) is 0 Å². The molecule has 132 valence electrons. The van der Waals surface area contributed by atoms with Gasteiger partial charge in [0, 0.05) is 6.42 Å². The van der Waals surface area contributed by atoms with Gasteiger partial charge < -0.3 is 0 Å². The molecule has 0 unspecified atom stereocenters. The van der Waals surface area contributed by atoms with Crippen LogP contribution >= 0.6 is 0 Å². The molecule has 0 aliphatic carbocycles. The average Bonchev–Trinajstić information content (AvgIpc) is 2.36. The van der Waals surface area contributed by atoms with Crippen LogP contribution in [0.15, 0.2) is 30.3 Å². The summed E-state index contributed by atoms with van der Waals surface area (Å²) in [7, 11) is 0. The highest BCUT2D eigenvalue weighted by atomic mass is 19.4. The average molecular weight is 360 g/mol. The zero-order chi connectivity index (χ0) is 18.3. The summed E-state index contributed by atoms with van der Waals surface area (Å²) in [5.41, 5.74) is -7.14. The highest BCUT2D eigenvalue weighted by molar-refractivity contribution is 5.22. The smallest absolute Gasteiger partial charge is 0.229 e. The fourth-order valence-electron chi connectivity index (χ4n) is 1.75. The van der Waals surface area contributed by atoms with Crippen molar-refractivity contribution in [3.8, 4) is 0 Å². The van der Waals surface area contributed by atoms with Crippen molar-refractivity contribution in [2.45, 2.75) is 36.3 Å². The number of hydrogen-bond acceptors (Lipinski definition) is 0. The van der Waals surface area contributed by atoms with E-state index in [0.29, 0.717) is 12.1 Å². The zero-order valence-corrected chi connectivity index (χ0v) is 10.8. The maximum Gasteiger partial charge on any atom is 0.457 e. The Morgan fingerprint density at radius 2 is 0.913 bits per heavy atom. The summed E-state index contributed by atoms with van der Waals surface area (Å²) in [6.07, 6.45) is -16.4. The Labute approximate surface area is 121 Å². The van der Waals surface area contributed by atoms with Gasteiger partial charge in [0.05, 0.1) is 0 Å². The molecule has 11 heteroatoms. The van der Waals surface area contributed by atoms with E-state index in [9.17, 15) is 48.3 Å². The molecule has 0 heterocycles. The van der Waals surface area contributed by atoms with Crippen LogP contribution in [0.4, 0.5) is 48.3 Å². The Balaban J connectivity index is 3.55. The molecular formula is C12H7F11. The summed E-state index contributed by atoms with van der Waals surface area (Å²) in [4.78, 5) is 0. The Morgan fingerprint density at radius 3 is 1.22 bits per heavy atom. The van der Waals surface area contributed by atoms with Gasteiger partial charge in [-0.15, -0.1) is 0 Å². The summed E-state index contributed by atoms with van der Waals surface area (Å²) >= 11 is 0. The number of hydrogen-bond donors (Lipinski definition) is 0. The van der Waals surface area contributed by atoms with Gasteiger partial charge in [-0.2, -0.15) is 43.9 Å². The van der Waals surface area contributed by atoms with Crippen LogP contribution in [0.25, 0.3) is 0 Å². The maximum absolute atomic E-state index is 14.1. The van der Waals surface area contributed by atoms with Crippen LogP contribution in [0.3, 0.4) is 0 Å². The van der Waals surface area contributed by atoms with Crippen LogP contribution in [0.5, 0.6) is 0 Å². The van der Waals surface area contributed by atoms with Crippen molar-refractivity contribution in [3.05, 3.63) is 35.9 Å². The normalized spacial score (nSPS) is 14.9. The molecule has 23 heavy (non-hydrogen) atoms. The molecule has 0 saturated heterocycles. The molecule has 1 rings (SSSR count). The SMILES string of the molecule is FC(F)(F)C(F)(F)C(F)(Cc1ccccc1)C(F)(F)C(F)(F)F. The molecular weight excluding hydrogens is 353 g/mol. The lowest BCUT2D eigenvalue weighted by atomic mass is 9.83. The van der Waals surface area contributed by atoms with Crippen LogP contribution in [-0.2, 0) is 6.42 Å². The first-order valence-corrected chi connectivity index (χ1v) is 5.70. The molecule has 0 spiro atoms. The second-order valence-electron chi connectivity index (χ2n) is 4.61. The zero-order valence-electron chi connectivity index (χ0n) is 10.8. The largest absolute Gasteiger partial charge is 0.457 e. The number of benzene rings is 1. The molecule has 0 amide bonds. The van der Waals surface area contributed by atoms with Crippen molar-refractivity contribution in [2.24, 2.45) is 0 Å². The van der Waals surface area contributed by atoms with Crippen molar-refractivity contribution in [1.82, 2.24) is 0 Å². The lowest BCUT2D eigenvalue weighted by Gasteiger charge is -2.40. The van der Waals surface area contributed by atoms with Gasteiger partial charge in [0.2, 0.25) is 0 Å². The molecule has 1 aromatic carbocycles. The maximum atomic E-state index is 14.1. The Hall–Kier alpha value is -1.55. The molecule has 0 bridgehead atoms. The van der Waals surface area contributed by atoms with Gasteiger partial charge in [0.15, 0.2) is 0 Å². The van der Waals surface area contributed by atoms with Crippen LogP contribution < -0.4 is 0 Å². The Bertz CT molecular complexity index is 500. The predicted molar refractivity (Wildman–Crippen MR) is 56.0 cm³/mol. The Morgan fingerprint density at radius 1 is 0.565 bits per heavy atom. The third kappa shape index (κ3) is 3.09. The van der Waals surface area contributed by atoms with Gasteiger partial charge in [0.25, 0.3) is 5.67 Å². The number of halogens is 11. The Kier molecular flexibility index (Phi) is 4.68. The van der Waals surface area contributed by atoms with Crippen molar-refractivity contribution in [2.75, 3.05) is 0 Å². The van der Waals surface area contributed by atoms with E-state index < -0.39 is 41.9 Å². The second-order valence-corrected chi connectivity index (χ2v) is 4.61. The second kappa shape index (κ2) is 5.52. The number of alkyl halides is 11. The van der Waals surface area contributed by atoms with Crippen LogP contribution in [0.1, 0.15) is 5.56 Å². The van der Waals surface area contributed by atoms with Crippen LogP contribution in [0.2, 0.25) is 0 Å². The molecule has 0 saturated carbocycles. The lowest BCUT2D eigenvalue weighted by Crippen LogP contribution is -2.68. The summed E-state index contributed by atoms with van der Waals surface area (Å²) in [6, 6.07) is 4.37. The minimum Gasteiger partial charge on any atom is -0.229 e. The molecule has 0 atom stereocenters. The summed E-state index contributed by atoms with van der Waals surface area (Å²) in [5.74, 6) is -13.9. The minimum atomic E-state index is -6.95. The summed E-state index contributed by atoms with van der Waals surface area (Å²) in [6.45, 7) is 0. The van der Waals surface area contributed by atoms with Crippen molar-refractivity contribution < 1.29 is 48.3 Å². The van der Waals surface area contributed by atoms with E-state index >= 15 is 0 Å². The minimum absolute atomic E-state index is 0.646.